The Morgan fingerprint density at radius 2 is 1.91 bits per heavy atom. The molecule has 23 heavy (non-hydrogen) atoms. The van der Waals surface area contributed by atoms with Crippen molar-refractivity contribution in [1.82, 2.24) is 9.97 Å². The molecule has 3 rings (SSSR count). The normalized spacial score (nSPS) is 11.2. The number of nitrogens with one attached hydrogen (secondary N) is 1. The molecule has 0 atom stereocenters. The quantitative estimate of drug-likeness (QED) is 0.369. The Morgan fingerprint density at radius 3 is 2.61 bits per heavy atom. The molecule has 0 unspecified atom stereocenters. The van der Waals surface area contributed by atoms with Crippen LogP contribution in [0.1, 0.15) is 5.69 Å². The molecule has 7 nitrogen and oxygen atoms in total. The van der Waals surface area contributed by atoms with Crippen LogP contribution in [0.3, 0.4) is 0 Å². The molecular weight excluding hydrogens is 358 g/mol. The average Bonchev–Trinajstić information content (AvgIpc) is 2.55. The third kappa shape index (κ3) is 3.02. The number of azo groups is 1. The van der Waals surface area contributed by atoms with Crippen molar-refractivity contribution < 1.29 is 0 Å². The maximum absolute atomic E-state index is 7.32. The van der Waals surface area contributed by atoms with Crippen LogP contribution in [0.25, 0.3) is 10.8 Å². The molecule has 3 aromatic rings. The van der Waals surface area contributed by atoms with E-state index < -0.39 is 0 Å². The molecule has 2 aromatic heterocycles. The predicted octanol–water partition coefficient (Wildman–Crippen LogP) is 3.67. The molecule has 0 aliphatic rings. The van der Waals surface area contributed by atoms with Gasteiger partial charge in [0.2, 0.25) is 0 Å². The Hall–Kier alpha value is -2.87. The number of rotatable bonds is 3. The van der Waals surface area contributed by atoms with Crippen molar-refractivity contribution in [2.45, 2.75) is 0 Å². The third-order valence-electron chi connectivity index (χ3n) is 3.16. The number of anilines is 1. The van der Waals surface area contributed by atoms with Gasteiger partial charge in [0, 0.05) is 21.4 Å². The van der Waals surface area contributed by atoms with Crippen LogP contribution in [0, 0.1) is 5.41 Å². The number of nitrogens with zero attached hydrogens (tertiary/aromatic N) is 4. The van der Waals surface area contributed by atoms with Gasteiger partial charge in [-0.25, -0.2) is 4.98 Å². The van der Waals surface area contributed by atoms with E-state index in [0.29, 0.717) is 22.9 Å². The molecule has 0 spiro atoms. The summed E-state index contributed by atoms with van der Waals surface area (Å²) in [6.45, 7) is 0. The molecule has 5 N–H and O–H groups in total. The lowest BCUT2D eigenvalue weighted by Crippen LogP contribution is -2.12. The number of halogens is 1. The first kappa shape index (κ1) is 15.0. The molecule has 0 bridgehead atoms. The van der Waals surface area contributed by atoms with E-state index in [1.807, 2.05) is 18.2 Å². The van der Waals surface area contributed by atoms with Gasteiger partial charge in [-0.3, -0.25) is 10.4 Å². The summed E-state index contributed by atoms with van der Waals surface area (Å²) in [4.78, 5) is 8.17. The molecule has 0 aliphatic heterocycles. The standard InChI is InChI=1S/C15H12BrN7/c16-10-3-1-2-8-6-21-15(19)13(12(8)10)23-22-9-4-5-11(14(17)18)20-7-9/h1-7H,(H3,17,18)(H2,19,21). The molecule has 1 aromatic carbocycles. The van der Waals surface area contributed by atoms with E-state index in [1.165, 1.54) is 6.20 Å². The van der Waals surface area contributed by atoms with Gasteiger partial charge in [-0.05, 0) is 18.2 Å². The molecule has 114 valence electrons. The first-order chi connectivity index (χ1) is 11.1. The van der Waals surface area contributed by atoms with Gasteiger partial charge < -0.3 is 11.5 Å². The maximum atomic E-state index is 7.32. The largest absolute Gasteiger partial charge is 0.382 e. The number of fused-ring (bicyclic) bond motifs is 1. The van der Waals surface area contributed by atoms with Crippen molar-refractivity contribution in [3.63, 3.8) is 0 Å². The van der Waals surface area contributed by atoms with Crippen LogP contribution in [0.4, 0.5) is 17.2 Å². The molecule has 0 fully saturated rings. The molecule has 0 saturated carbocycles. The Kier molecular flexibility index (Phi) is 3.98. The van der Waals surface area contributed by atoms with Gasteiger partial charge in [0.05, 0.1) is 6.20 Å². The SMILES string of the molecule is N=C(N)c1ccc(N=Nc2c(N)ncc3cccc(Br)c23)cn1. The van der Waals surface area contributed by atoms with Crippen molar-refractivity contribution in [3.05, 3.63) is 52.9 Å². The van der Waals surface area contributed by atoms with E-state index in [9.17, 15) is 0 Å². The van der Waals surface area contributed by atoms with Crippen LogP contribution in [0.15, 0.2) is 57.4 Å². The van der Waals surface area contributed by atoms with Gasteiger partial charge in [0.25, 0.3) is 0 Å². The van der Waals surface area contributed by atoms with Gasteiger partial charge in [-0.15, -0.1) is 10.2 Å². The van der Waals surface area contributed by atoms with Crippen LogP contribution < -0.4 is 11.5 Å². The second-order valence-corrected chi connectivity index (χ2v) is 5.57. The van der Waals surface area contributed by atoms with E-state index in [4.69, 9.17) is 16.9 Å². The van der Waals surface area contributed by atoms with Gasteiger partial charge >= 0.3 is 0 Å². The Balaban J connectivity index is 2.04. The number of nitrogen functional groups attached to an aromatic ring is 2. The molecule has 0 radical (unpaired) electrons. The number of benzene rings is 1. The highest BCUT2D eigenvalue weighted by Gasteiger charge is 2.09. The molecular formula is C15H12BrN7. The molecule has 2 heterocycles. The molecule has 0 amide bonds. The second kappa shape index (κ2) is 6.09. The fourth-order valence-corrected chi connectivity index (χ4v) is 2.61. The summed E-state index contributed by atoms with van der Waals surface area (Å²) < 4.78 is 0.864. The summed E-state index contributed by atoms with van der Waals surface area (Å²) in [6.07, 6.45) is 3.18. The Morgan fingerprint density at radius 1 is 1.09 bits per heavy atom. The van der Waals surface area contributed by atoms with Crippen molar-refractivity contribution in [1.29, 1.82) is 5.41 Å². The van der Waals surface area contributed by atoms with Crippen LogP contribution in [0.5, 0.6) is 0 Å². The maximum Gasteiger partial charge on any atom is 0.151 e. The first-order valence-corrected chi connectivity index (χ1v) is 7.40. The molecule has 8 heteroatoms. The van der Waals surface area contributed by atoms with Crippen molar-refractivity contribution in [3.8, 4) is 0 Å². The Labute approximate surface area is 140 Å². The van der Waals surface area contributed by atoms with Crippen LogP contribution in [-0.4, -0.2) is 15.8 Å². The third-order valence-corrected chi connectivity index (χ3v) is 3.82. The number of hydrogen-bond donors (Lipinski definition) is 3. The molecule has 0 aliphatic carbocycles. The van der Waals surface area contributed by atoms with E-state index in [2.05, 4.69) is 36.1 Å². The zero-order valence-electron chi connectivity index (χ0n) is 11.9. The fourth-order valence-electron chi connectivity index (χ4n) is 2.04. The highest BCUT2D eigenvalue weighted by Crippen LogP contribution is 2.36. The summed E-state index contributed by atoms with van der Waals surface area (Å²) in [5.74, 6) is 0.196. The average molecular weight is 370 g/mol. The smallest absolute Gasteiger partial charge is 0.151 e. The lowest BCUT2D eigenvalue weighted by atomic mass is 10.1. The van der Waals surface area contributed by atoms with E-state index in [1.54, 1.807) is 18.3 Å². The van der Waals surface area contributed by atoms with Crippen molar-refractivity contribution >= 4 is 49.7 Å². The van der Waals surface area contributed by atoms with Gasteiger partial charge in [-0.2, -0.15) is 0 Å². The number of amidine groups is 1. The van der Waals surface area contributed by atoms with Crippen LogP contribution in [0.2, 0.25) is 0 Å². The van der Waals surface area contributed by atoms with Crippen molar-refractivity contribution in [2.24, 2.45) is 16.0 Å². The summed E-state index contributed by atoms with van der Waals surface area (Å²) in [6, 6.07) is 9.03. The second-order valence-electron chi connectivity index (χ2n) is 4.71. The summed E-state index contributed by atoms with van der Waals surface area (Å²) >= 11 is 3.50. The summed E-state index contributed by atoms with van der Waals surface area (Å²) in [5, 5.41) is 17.4. The number of nitrogens with two attached hydrogens (primary N) is 2. The first-order valence-electron chi connectivity index (χ1n) is 6.61. The van der Waals surface area contributed by atoms with E-state index in [0.717, 1.165) is 15.2 Å². The van der Waals surface area contributed by atoms with Gasteiger partial charge in [0.1, 0.15) is 22.9 Å². The van der Waals surface area contributed by atoms with E-state index in [-0.39, 0.29) is 5.84 Å². The lowest BCUT2D eigenvalue weighted by Gasteiger charge is -2.05. The monoisotopic (exact) mass is 369 g/mol. The zero-order chi connectivity index (χ0) is 16.4. The van der Waals surface area contributed by atoms with Gasteiger partial charge in [0.15, 0.2) is 5.82 Å². The summed E-state index contributed by atoms with van der Waals surface area (Å²) in [7, 11) is 0. The number of aromatic nitrogens is 2. The minimum absolute atomic E-state index is 0.0973. The minimum Gasteiger partial charge on any atom is -0.382 e. The number of hydrogen-bond acceptors (Lipinski definition) is 6. The summed E-state index contributed by atoms with van der Waals surface area (Å²) in [5.41, 5.74) is 12.7. The molecule has 0 saturated heterocycles. The van der Waals surface area contributed by atoms with E-state index >= 15 is 0 Å². The predicted molar refractivity (Wildman–Crippen MR) is 93.3 cm³/mol. The number of pyridine rings is 2. The topological polar surface area (TPSA) is 126 Å². The van der Waals surface area contributed by atoms with Gasteiger partial charge in [-0.1, -0.05) is 28.1 Å². The fraction of sp³-hybridized carbons (Fsp3) is 0. The van der Waals surface area contributed by atoms with Crippen LogP contribution in [-0.2, 0) is 0 Å². The minimum atomic E-state index is -0.0973. The highest BCUT2D eigenvalue weighted by atomic mass is 79.9. The zero-order valence-corrected chi connectivity index (χ0v) is 13.4. The highest BCUT2D eigenvalue weighted by molar-refractivity contribution is 9.10. The van der Waals surface area contributed by atoms with Crippen LogP contribution >= 0.6 is 15.9 Å². The van der Waals surface area contributed by atoms with Crippen molar-refractivity contribution in [2.75, 3.05) is 5.73 Å². The Bertz CT molecular complexity index is 919. The lowest BCUT2D eigenvalue weighted by molar-refractivity contribution is 1.18.